The number of aromatic nitrogens is 6. The van der Waals surface area contributed by atoms with Gasteiger partial charge in [-0.15, -0.1) is 0 Å². The van der Waals surface area contributed by atoms with Crippen molar-refractivity contribution in [2.24, 2.45) is 0 Å². The molecule has 0 saturated heterocycles. The highest BCUT2D eigenvalue weighted by molar-refractivity contribution is 6.43. The first-order valence-corrected chi connectivity index (χ1v) is 35.5. The second-order valence-corrected chi connectivity index (χ2v) is 28.2. The third-order valence-corrected chi connectivity index (χ3v) is 22.6. The number of furan rings is 1. The molecule has 17 aromatic carbocycles. The van der Waals surface area contributed by atoms with Crippen LogP contribution in [0.2, 0.25) is 0 Å². The van der Waals surface area contributed by atoms with Crippen molar-refractivity contribution in [1.29, 1.82) is 0 Å². The summed E-state index contributed by atoms with van der Waals surface area (Å²) in [5, 5.41) is 20.3. The SMILES string of the molecule is CC1(C)c2cccc3c4cccc5c4c4c6c7c(c1ccc7n(-c1ccc(N(c7ccccc7)c7ccccc7)cc1)c6ccc4n5-c1ccccc1)c23.c1ccc(-c2nc3ccccc3nc2-n2c3ccc4oc5cccc6c7cccc8c7c7c(c3c4c56)c2ccc7n8-c2ccccc2)cc1. The van der Waals surface area contributed by atoms with Gasteiger partial charge in [-0.3, -0.25) is 4.57 Å². The Kier molecular flexibility index (Phi) is 11.4. The van der Waals surface area contributed by atoms with Gasteiger partial charge in [-0.25, -0.2) is 9.97 Å². The molecule has 0 radical (unpaired) electrons. The second-order valence-electron chi connectivity index (χ2n) is 28.2. The van der Waals surface area contributed by atoms with E-state index in [-0.39, 0.29) is 5.41 Å². The Morgan fingerprint density at radius 3 is 1.20 bits per heavy atom. The van der Waals surface area contributed by atoms with E-state index in [1.165, 1.54) is 125 Å². The van der Waals surface area contributed by atoms with Crippen LogP contribution in [0.1, 0.15) is 25.0 Å². The molecule has 0 bridgehead atoms. The minimum Gasteiger partial charge on any atom is -0.456 e. The Bertz CT molecular complexity index is 7370. The molecule has 0 amide bonds. The molecule has 0 saturated carbocycles. The van der Waals surface area contributed by atoms with Crippen molar-refractivity contribution in [3.8, 4) is 34.1 Å². The first-order chi connectivity index (χ1) is 50.9. The fraction of sp³-hybridized carbons (Fsp3) is 0.0316. The zero-order valence-corrected chi connectivity index (χ0v) is 56.1. The molecule has 1 aliphatic rings. The molecular weight excluding hydrogens is 1260 g/mol. The molecular formula is C95H59N7O. The van der Waals surface area contributed by atoms with Crippen LogP contribution in [0.15, 0.2) is 326 Å². The Labute approximate surface area is 589 Å². The summed E-state index contributed by atoms with van der Waals surface area (Å²) in [5.41, 5.74) is 24.4. The van der Waals surface area contributed by atoms with E-state index in [0.29, 0.717) is 0 Å². The molecule has 6 aromatic heterocycles. The van der Waals surface area contributed by atoms with E-state index in [4.69, 9.17) is 14.4 Å². The van der Waals surface area contributed by atoms with Gasteiger partial charge in [0, 0.05) is 99.0 Å². The highest BCUT2D eigenvalue weighted by atomic mass is 16.3. The molecule has 0 unspecified atom stereocenters. The van der Waals surface area contributed by atoms with Gasteiger partial charge >= 0.3 is 0 Å². The van der Waals surface area contributed by atoms with Crippen LogP contribution < -0.4 is 4.90 Å². The van der Waals surface area contributed by atoms with Gasteiger partial charge in [-0.1, -0.05) is 190 Å². The summed E-state index contributed by atoms with van der Waals surface area (Å²) < 4.78 is 16.4. The van der Waals surface area contributed by atoms with Crippen molar-refractivity contribution in [2.45, 2.75) is 19.3 Å². The predicted octanol–water partition coefficient (Wildman–Crippen LogP) is 25.2. The Hall–Kier alpha value is -13.6. The number of fused-ring (bicyclic) bond motifs is 3. The van der Waals surface area contributed by atoms with Crippen molar-refractivity contribution in [2.75, 3.05) is 4.90 Å². The van der Waals surface area contributed by atoms with E-state index in [1.54, 1.807) is 0 Å². The average molecular weight is 1310 g/mol. The number of benzene rings is 15. The fourth-order valence-electron chi connectivity index (χ4n) is 18.5. The van der Waals surface area contributed by atoms with Crippen molar-refractivity contribution in [1.82, 2.24) is 28.2 Å². The van der Waals surface area contributed by atoms with Crippen molar-refractivity contribution >= 4 is 170 Å². The van der Waals surface area contributed by atoms with Crippen LogP contribution in [0.3, 0.4) is 0 Å². The van der Waals surface area contributed by atoms with Crippen LogP contribution in [0.5, 0.6) is 0 Å². The van der Waals surface area contributed by atoms with Gasteiger partial charge in [0.05, 0.1) is 55.2 Å². The van der Waals surface area contributed by atoms with E-state index in [0.717, 1.165) is 89.5 Å². The van der Waals surface area contributed by atoms with Crippen molar-refractivity contribution in [3.63, 3.8) is 0 Å². The van der Waals surface area contributed by atoms with Gasteiger partial charge in [0.1, 0.15) is 16.9 Å². The minimum atomic E-state index is -0.122. The van der Waals surface area contributed by atoms with Crippen LogP contribution in [-0.2, 0) is 5.41 Å². The van der Waals surface area contributed by atoms with Crippen LogP contribution in [-0.4, -0.2) is 28.2 Å². The van der Waals surface area contributed by atoms with Crippen LogP contribution in [0.25, 0.3) is 187 Å². The molecule has 6 heterocycles. The fourth-order valence-corrected chi connectivity index (χ4v) is 18.5. The topological polar surface area (TPSA) is 61.9 Å². The normalized spacial score (nSPS) is 13.0. The molecule has 0 spiro atoms. The summed E-state index contributed by atoms with van der Waals surface area (Å²) in [6.45, 7) is 4.81. The molecule has 103 heavy (non-hydrogen) atoms. The highest BCUT2D eigenvalue weighted by Crippen LogP contribution is 2.56. The lowest BCUT2D eigenvalue weighted by Crippen LogP contribution is -2.15. The van der Waals surface area contributed by atoms with Crippen LogP contribution >= 0.6 is 0 Å². The summed E-state index contributed by atoms with van der Waals surface area (Å²) in [7, 11) is 0. The van der Waals surface area contributed by atoms with Crippen LogP contribution in [0, 0.1) is 0 Å². The zero-order chi connectivity index (χ0) is 67.5. The number of nitrogens with zero attached hydrogens (tertiary/aromatic N) is 7. The van der Waals surface area contributed by atoms with E-state index in [1.807, 2.05) is 24.3 Å². The van der Waals surface area contributed by atoms with Gasteiger partial charge in [0.2, 0.25) is 0 Å². The van der Waals surface area contributed by atoms with E-state index in [2.05, 4.69) is 334 Å². The average Bonchev–Trinajstić information content (AvgIpc) is 1.52. The number of para-hydroxylation sites is 6. The molecule has 23 aromatic rings. The zero-order valence-electron chi connectivity index (χ0n) is 56.1. The summed E-state index contributed by atoms with van der Waals surface area (Å²) in [5.74, 6) is 0.808. The number of anilines is 3. The number of hydrogen-bond acceptors (Lipinski definition) is 4. The van der Waals surface area contributed by atoms with Gasteiger partial charge in [0.15, 0.2) is 5.82 Å². The van der Waals surface area contributed by atoms with E-state index in [9.17, 15) is 0 Å². The summed E-state index contributed by atoms with van der Waals surface area (Å²) in [6.07, 6.45) is 0. The minimum absolute atomic E-state index is 0.122. The summed E-state index contributed by atoms with van der Waals surface area (Å²) >= 11 is 0. The Morgan fingerprint density at radius 2 is 0.641 bits per heavy atom. The lowest BCUT2D eigenvalue weighted by atomic mass is 9.81. The molecule has 0 aliphatic heterocycles. The highest BCUT2D eigenvalue weighted by Gasteiger charge is 2.37. The Balaban J connectivity index is 0.000000127. The lowest BCUT2D eigenvalue weighted by molar-refractivity contribution is 0.663. The van der Waals surface area contributed by atoms with Crippen molar-refractivity contribution in [3.05, 3.63) is 333 Å². The number of hydrogen-bond donors (Lipinski definition) is 0. The standard InChI is InChI=1S/C51H35N3.C44H24N4O/c1-51(2)39-22-12-20-37-38-21-13-23-41-46(38)48-43(53(41)34-18-10-5-11-19-34)30-31-44-50(48)49-42(29-28-40(51)47(49)45(37)39)54(44)36-26-24-35(25-27-36)52(32-14-6-3-7-15-32)33-16-8-4-9-17-33;1-3-11-25(12-4-1)43-44(46-30-18-8-7-17-29(30)45-43)48-33-22-21-32-39-37-27(15-9-19-31(37)47(32)26-13-5-2-6-14-26)28-16-10-20-35-38(28)42-36(49-35)24-23-34(48)41(42)40(33)39/h3-31H,1-2H3;1-24H. The largest absolute Gasteiger partial charge is 0.456 e. The van der Waals surface area contributed by atoms with Gasteiger partial charge in [0.25, 0.3) is 0 Å². The maximum absolute atomic E-state index is 6.64. The van der Waals surface area contributed by atoms with Gasteiger partial charge in [-0.2, -0.15) is 0 Å². The molecule has 0 N–H and O–H groups in total. The van der Waals surface area contributed by atoms with Gasteiger partial charge < -0.3 is 23.0 Å². The molecule has 8 nitrogen and oxygen atoms in total. The summed E-state index contributed by atoms with van der Waals surface area (Å²) in [6, 6.07) is 116. The van der Waals surface area contributed by atoms with E-state index < -0.39 is 0 Å². The third kappa shape index (κ3) is 7.57. The monoisotopic (exact) mass is 1310 g/mol. The second kappa shape index (κ2) is 20.8. The molecule has 8 heteroatoms. The molecule has 0 atom stereocenters. The third-order valence-electron chi connectivity index (χ3n) is 22.6. The van der Waals surface area contributed by atoms with Crippen molar-refractivity contribution < 1.29 is 4.42 Å². The first kappa shape index (κ1) is 56.3. The molecule has 1 aliphatic carbocycles. The maximum atomic E-state index is 6.64. The van der Waals surface area contributed by atoms with Crippen LogP contribution in [0.4, 0.5) is 17.1 Å². The van der Waals surface area contributed by atoms with Gasteiger partial charge in [-0.05, 0) is 189 Å². The molecule has 24 rings (SSSR count). The van der Waals surface area contributed by atoms with E-state index >= 15 is 0 Å². The predicted molar refractivity (Wildman–Crippen MR) is 429 cm³/mol. The lowest BCUT2D eigenvalue weighted by Gasteiger charge is -2.25. The quantitative estimate of drug-likeness (QED) is 0.152. The summed E-state index contributed by atoms with van der Waals surface area (Å²) in [4.78, 5) is 13.0. The number of rotatable bonds is 8. The molecule has 480 valence electrons. The smallest absolute Gasteiger partial charge is 0.165 e. The first-order valence-electron chi connectivity index (χ1n) is 35.5. The maximum Gasteiger partial charge on any atom is 0.165 e. The molecule has 0 fully saturated rings. The Morgan fingerprint density at radius 1 is 0.262 bits per heavy atom.